The molecule has 1 saturated heterocycles. The maximum atomic E-state index is 14.3. The molecule has 1 amide bonds. The van der Waals surface area contributed by atoms with Crippen LogP contribution in [0.5, 0.6) is 0 Å². The number of nitriles is 1. The minimum atomic E-state index is -0.631. The molecule has 1 aliphatic carbocycles. The monoisotopic (exact) mass is 350 g/mol. The highest BCUT2D eigenvalue weighted by molar-refractivity contribution is 5.84. The summed E-state index contributed by atoms with van der Waals surface area (Å²) in [4.78, 5) is 14.0. The Balaban J connectivity index is 1.75. The number of amides is 1. The van der Waals surface area contributed by atoms with Crippen molar-refractivity contribution in [3.05, 3.63) is 59.9 Å². The fraction of sp³-hybridized carbons (Fsp3) is 0.333. The highest BCUT2D eigenvalue weighted by Gasteiger charge is 2.54. The van der Waals surface area contributed by atoms with Gasteiger partial charge in [0, 0.05) is 17.4 Å². The zero-order valence-electron chi connectivity index (χ0n) is 14.2. The average molecular weight is 350 g/mol. The first-order valence-corrected chi connectivity index (χ1v) is 8.84. The van der Waals surface area contributed by atoms with Crippen molar-refractivity contribution in [2.45, 2.75) is 30.8 Å². The summed E-state index contributed by atoms with van der Waals surface area (Å²) >= 11 is 0. The Morgan fingerprint density at radius 1 is 1.15 bits per heavy atom. The van der Waals surface area contributed by atoms with E-state index in [-0.39, 0.29) is 30.2 Å². The molecular formula is C21H19FN2O2. The number of benzene rings is 2. The molecule has 1 saturated carbocycles. The molecule has 0 spiro atoms. The number of carbonyl (C=O) groups is 1. The first-order chi connectivity index (χ1) is 12.7. The molecule has 3 atom stereocenters. The van der Waals surface area contributed by atoms with Gasteiger partial charge in [0.15, 0.2) is 0 Å². The molecule has 2 aromatic carbocycles. The van der Waals surface area contributed by atoms with E-state index in [1.54, 1.807) is 18.2 Å². The number of aliphatic hydroxyl groups excluding tert-OH is 1. The molecule has 4 nitrogen and oxygen atoms in total. The molecule has 4 rings (SSSR count). The molecule has 5 heteroatoms. The zero-order valence-corrected chi connectivity index (χ0v) is 14.2. The fourth-order valence-corrected chi connectivity index (χ4v) is 3.94. The predicted molar refractivity (Wildman–Crippen MR) is 94.4 cm³/mol. The van der Waals surface area contributed by atoms with E-state index in [2.05, 4.69) is 6.07 Å². The lowest BCUT2D eigenvalue weighted by molar-refractivity contribution is -0.148. The van der Waals surface area contributed by atoms with Crippen molar-refractivity contribution >= 4 is 5.91 Å². The first-order valence-electron chi connectivity index (χ1n) is 8.84. The maximum Gasteiger partial charge on any atom is 0.227 e. The van der Waals surface area contributed by atoms with Gasteiger partial charge >= 0.3 is 0 Å². The molecule has 1 N–H and O–H groups in total. The number of likely N-dealkylation sites (tertiary alicyclic amines) is 1. The molecule has 132 valence electrons. The van der Waals surface area contributed by atoms with Crippen LogP contribution >= 0.6 is 0 Å². The molecule has 1 heterocycles. The minimum Gasteiger partial charge on any atom is -0.394 e. The second-order valence-corrected chi connectivity index (χ2v) is 6.94. The lowest BCUT2D eigenvalue weighted by atomic mass is 9.73. The van der Waals surface area contributed by atoms with E-state index < -0.39 is 12.1 Å². The quantitative estimate of drug-likeness (QED) is 0.922. The Labute approximate surface area is 151 Å². The second kappa shape index (κ2) is 6.54. The smallest absolute Gasteiger partial charge is 0.227 e. The molecule has 0 aromatic heterocycles. The van der Waals surface area contributed by atoms with Gasteiger partial charge in [0.1, 0.15) is 11.9 Å². The van der Waals surface area contributed by atoms with Crippen LogP contribution in [0.1, 0.15) is 24.3 Å². The van der Waals surface area contributed by atoms with Gasteiger partial charge in [-0.05, 0) is 30.0 Å². The molecule has 2 aromatic rings. The Morgan fingerprint density at radius 2 is 1.81 bits per heavy atom. The van der Waals surface area contributed by atoms with Crippen LogP contribution in [0.4, 0.5) is 4.39 Å². The summed E-state index contributed by atoms with van der Waals surface area (Å²) in [5.74, 6) is -0.722. The van der Waals surface area contributed by atoms with Crippen LogP contribution in [-0.4, -0.2) is 34.6 Å². The number of hydrogen-bond donors (Lipinski definition) is 1. The van der Waals surface area contributed by atoms with Gasteiger partial charge in [-0.25, -0.2) is 4.39 Å². The zero-order chi connectivity index (χ0) is 18.3. The number of aliphatic hydroxyl groups is 1. The van der Waals surface area contributed by atoms with Gasteiger partial charge < -0.3 is 10.0 Å². The van der Waals surface area contributed by atoms with Crippen LogP contribution in [0.15, 0.2) is 48.5 Å². The summed E-state index contributed by atoms with van der Waals surface area (Å²) in [7, 11) is 0. The highest BCUT2D eigenvalue weighted by Crippen LogP contribution is 2.46. The van der Waals surface area contributed by atoms with Gasteiger partial charge in [-0.2, -0.15) is 5.26 Å². The number of hydrogen-bond acceptors (Lipinski definition) is 3. The molecular weight excluding hydrogens is 331 g/mol. The standard InChI is InChI=1S/C21H19FN2O2/c22-17-8-4-3-6-15(17)14-5-1-2-7-16(14)20-18(11-23)24(19(20)12-25)21(26)13-9-10-13/h1-8,13,18-20,25H,9-10,12H2/t18-,19+,20+/m0/s1. The normalized spacial score (nSPS) is 24.7. The van der Waals surface area contributed by atoms with Crippen molar-refractivity contribution in [1.82, 2.24) is 4.90 Å². The summed E-state index contributed by atoms with van der Waals surface area (Å²) in [6.07, 6.45) is 1.70. The van der Waals surface area contributed by atoms with Crippen LogP contribution in [-0.2, 0) is 4.79 Å². The van der Waals surface area contributed by atoms with E-state index >= 15 is 0 Å². The Hall–Kier alpha value is -2.71. The SMILES string of the molecule is N#C[C@H]1[C@@H](c2ccccc2-c2ccccc2F)[C@@H](CO)N1C(=O)C1CC1. The third-order valence-electron chi connectivity index (χ3n) is 5.40. The van der Waals surface area contributed by atoms with Crippen molar-refractivity contribution in [3.63, 3.8) is 0 Å². The minimum absolute atomic E-state index is 0.0114. The fourth-order valence-electron chi connectivity index (χ4n) is 3.94. The lowest BCUT2D eigenvalue weighted by Gasteiger charge is -2.52. The number of rotatable bonds is 4. The van der Waals surface area contributed by atoms with Crippen LogP contribution in [0.25, 0.3) is 11.1 Å². The Kier molecular flexibility index (Phi) is 4.21. The summed E-state index contributed by atoms with van der Waals surface area (Å²) in [5.41, 5.74) is 1.96. The van der Waals surface area contributed by atoms with E-state index in [1.165, 1.54) is 11.0 Å². The van der Waals surface area contributed by atoms with Crippen molar-refractivity contribution < 1.29 is 14.3 Å². The maximum absolute atomic E-state index is 14.3. The number of nitrogens with zero attached hydrogens (tertiary/aromatic N) is 2. The number of carbonyl (C=O) groups excluding carboxylic acids is 1. The van der Waals surface area contributed by atoms with Gasteiger partial charge in [0.25, 0.3) is 0 Å². The van der Waals surface area contributed by atoms with E-state index in [9.17, 15) is 19.6 Å². The molecule has 0 bridgehead atoms. The lowest BCUT2D eigenvalue weighted by Crippen LogP contribution is -2.65. The van der Waals surface area contributed by atoms with Gasteiger partial charge in [-0.1, -0.05) is 42.5 Å². The summed E-state index contributed by atoms with van der Waals surface area (Å²) in [6, 6.07) is 15.0. The Morgan fingerprint density at radius 3 is 2.42 bits per heavy atom. The van der Waals surface area contributed by atoms with Crippen LogP contribution in [0, 0.1) is 23.1 Å². The van der Waals surface area contributed by atoms with Gasteiger partial charge in [-0.15, -0.1) is 0 Å². The number of halogens is 1. The first kappa shape index (κ1) is 16.7. The summed E-state index contributed by atoms with van der Waals surface area (Å²) < 4.78 is 14.3. The van der Waals surface area contributed by atoms with Gasteiger partial charge in [-0.3, -0.25) is 4.79 Å². The largest absolute Gasteiger partial charge is 0.394 e. The van der Waals surface area contributed by atoms with Gasteiger partial charge in [0.05, 0.1) is 18.7 Å². The van der Waals surface area contributed by atoms with E-state index in [0.29, 0.717) is 11.1 Å². The van der Waals surface area contributed by atoms with E-state index in [4.69, 9.17) is 0 Å². The van der Waals surface area contributed by atoms with Crippen LogP contribution in [0.3, 0.4) is 0 Å². The molecule has 1 aliphatic heterocycles. The Bertz CT molecular complexity index is 888. The topological polar surface area (TPSA) is 64.3 Å². The van der Waals surface area contributed by atoms with Crippen molar-refractivity contribution in [1.29, 1.82) is 5.26 Å². The predicted octanol–water partition coefficient (Wildman–Crippen LogP) is 3.08. The van der Waals surface area contributed by atoms with Crippen LogP contribution in [0.2, 0.25) is 0 Å². The molecule has 2 aliphatic rings. The third kappa shape index (κ3) is 2.58. The average Bonchev–Trinajstić information content (AvgIpc) is 3.48. The van der Waals surface area contributed by atoms with Gasteiger partial charge in [0.2, 0.25) is 5.91 Å². The molecule has 0 unspecified atom stereocenters. The second-order valence-electron chi connectivity index (χ2n) is 6.94. The third-order valence-corrected chi connectivity index (χ3v) is 5.40. The molecule has 2 fully saturated rings. The molecule has 26 heavy (non-hydrogen) atoms. The van der Waals surface area contributed by atoms with Crippen molar-refractivity contribution in [3.8, 4) is 17.2 Å². The molecule has 0 radical (unpaired) electrons. The van der Waals surface area contributed by atoms with Crippen molar-refractivity contribution in [2.24, 2.45) is 5.92 Å². The summed E-state index contributed by atoms with van der Waals surface area (Å²) in [5, 5.41) is 19.6. The van der Waals surface area contributed by atoms with E-state index in [0.717, 1.165) is 18.4 Å². The van der Waals surface area contributed by atoms with E-state index in [1.807, 2.05) is 24.3 Å². The van der Waals surface area contributed by atoms with Crippen molar-refractivity contribution in [2.75, 3.05) is 6.61 Å². The summed E-state index contributed by atoms with van der Waals surface area (Å²) in [6.45, 7) is -0.215. The highest BCUT2D eigenvalue weighted by atomic mass is 19.1. The van der Waals surface area contributed by atoms with Crippen LogP contribution < -0.4 is 0 Å².